The molecule has 0 aliphatic carbocycles. The molecule has 2 aliphatic rings. The first kappa shape index (κ1) is 17.4. The molecule has 0 bridgehead atoms. The summed E-state index contributed by atoms with van der Waals surface area (Å²) in [4.78, 5) is 38.6. The van der Waals surface area contributed by atoms with E-state index in [9.17, 15) is 14.4 Å². The predicted molar refractivity (Wildman–Crippen MR) is 92.3 cm³/mol. The summed E-state index contributed by atoms with van der Waals surface area (Å²) in [6, 6.07) is 6.16. The molecule has 1 fully saturated rings. The maximum atomic E-state index is 12.6. The highest BCUT2D eigenvalue weighted by Crippen LogP contribution is 2.24. The third kappa shape index (κ3) is 3.99. The van der Waals surface area contributed by atoms with E-state index < -0.39 is 6.04 Å². The van der Waals surface area contributed by atoms with Gasteiger partial charge in [0.1, 0.15) is 12.6 Å². The number of anilines is 1. The summed E-state index contributed by atoms with van der Waals surface area (Å²) < 4.78 is 5.31. The number of fused-ring (bicyclic) bond motifs is 1. The monoisotopic (exact) mass is 345 g/mol. The maximum absolute atomic E-state index is 12.6. The predicted octanol–water partition coefficient (Wildman–Crippen LogP) is 0.694. The summed E-state index contributed by atoms with van der Waals surface area (Å²) in [7, 11) is 0. The van der Waals surface area contributed by atoms with Crippen LogP contribution in [0.4, 0.5) is 5.69 Å². The zero-order valence-corrected chi connectivity index (χ0v) is 14.3. The molecule has 2 aliphatic heterocycles. The van der Waals surface area contributed by atoms with E-state index in [1.807, 2.05) is 0 Å². The molecule has 3 rings (SSSR count). The topological polar surface area (TPSA) is 87.7 Å². The third-order valence-corrected chi connectivity index (χ3v) is 4.65. The van der Waals surface area contributed by atoms with Crippen LogP contribution in [0.15, 0.2) is 24.3 Å². The molecule has 1 atom stereocenters. The van der Waals surface area contributed by atoms with E-state index in [2.05, 4.69) is 10.6 Å². The molecule has 7 heteroatoms. The van der Waals surface area contributed by atoms with Gasteiger partial charge in [0, 0.05) is 19.8 Å². The fraction of sp³-hybridized carbons (Fsp3) is 0.500. The minimum atomic E-state index is -0.678. The van der Waals surface area contributed by atoms with Gasteiger partial charge in [0.2, 0.25) is 11.8 Å². The van der Waals surface area contributed by atoms with Crippen molar-refractivity contribution in [2.75, 3.05) is 31.2 Å². The smallest absolute Gasteiger partial charge is 0.254 e. The zero-order valence-electron chi connectivity index (χ0n) is 14.3. The van der Waals surface area contributed by atoms with Crippen molar-refractivity contribution in [3.63, 3.8) is 0 Å². The van der Waals surface area contributed by atoms with Crippen LogP contribution < -0.4 is 15.5 Å². The molecule has 0 spiro atoms. The molecule has 0 saturated carbocycles. The largest absolute Gasteiger partial charge is 0.381 e. The molecular formula is C18H23N3O4. The second-order valence-corrected chi connectivity index (χ2v) is 6.50. The van der Waals surface area contributed by atoms with Crippen molar-refractivity contribution in [3.05, 3.63) is 29.8 Å². The molecule has 0 aromatic heterocycles. The van der Waals surface area contributed by atoms with Crippen LogP contribution in [0.1, 0.15) is 30.1 Å². The fourth-order valence-electron chi connectivity index (χ4n) is 3.16. The van der Waals surface area contributed by atoms with Crippen molar-refractivity contribution in [2.45, 2.75) is 25.8 Å². The fourth-order valence-corrected chi connectivity index (χ4v) is 3.16. The number of rotatable bonds is 4. The van der Waals surface area contributed by atoms with E-state index in [1.165, 1.54) is 4.90 Å². The lowest BCUT2D eigenvalue weighted by atomic mass is 10.0. The molecule has 1 unspecified atom stereocenters. The second-order valence-electron chi connectivity index (χ2n) is 6.50. The lowest BCUT2D eigenvalue weighted by Crippen LogP contribution is -2.48. The van der Waals surface area contributed by atoms with E-state index in [0.717, 1.165) is 26.1 Å². The number of ether oxygens (including phenoxy) is 1. The molecule has 2 heterocycles. The van der Waals surface area contributed by atoms with Gasteiger partial charge in [-0.15, -0.1) is 0 Å². The maximum Gasteiger partial charge on any atom is 0.254 e. The quantitative estimate of drug-likeness (QED) is 0.841. The summed E-state index contributed by atoms with van der Waals surface area (Å²) in [5.74, 6) is -0.413. The van der Waals surface area contributed by atoms with Crippen LogP contribution in [0.3, 0.4) is 0 Å². The SMILES string of the molecule is CC1NC(=O)c2ccccc2N(CC(=O)NCC2CCOCC2)C1=O. The molecule has 7 nitrogen and oxygen atoms in total. The van der Waals surface area contributed by atoms with E-state index in [1.54, 1.807) is 31.2 Å². The van der Waals surface area contributed by atoms with Crippen LogP contribution in [-0.4, -0.2) is 50.1 Å². The highest BCUT2D eigenvalue weighted by atomic mass is 16.5. The average Bonchev–Trinajstić information content (AvgIpc) is 2.72. The Bertz CT molecular complexity index is 670. The molecule has 25 heavy (non-hydrogen) atoms. The van der Waals surface area contributed by atoms with E-state index in [4.69, 9.17) is 4.74 Å². The van der Waals surface area contributed by atoms with Gasteiger partial charge in [0.15, 0.2) is 0 Å². The minimum absolute atomic E-state index is 0.0988. The Kier molecular flexibility index (Phi) is 5.33. The first-order valence-corrected chi connectivity index (χ1v) is 8.62. The highest BCUT2D eigenvalue weighted by Gasteiger charge is 2.32. The molecule has 1 aromatic carbocycles. The number of carbonyl (C=O) groups excluding carboxylic acids is 3. The van der Waals surface area contributed by atoms with E-state index in [-0.39, 0.29) is 24.3 Å². The second kappa shape index (κ2) is 7.65. The summed E-state index contributed by atoms with van der Waals surface area (Å²) in [5, 5.41) is 5.56. The molecule has 2 N–H and O–H groups in total. The number of nitrogens with zero attached hydrogens (tertiary/aromatic N) is 1. The highest BCUT2D eigenvalue weighted by molar-refractivity contribution is 6.12. The van der Waals surface area contributed by atoms with Crippen molar-refractivity contribution >= 4 is 23.4 Å². The van der Waals surface area contributed by atoms with Gasteiger partial charge in [-0.3, -0.25) is 14.4 Å². The first-order valence-electron chi connectivity index (χ1n) is 8.62. The first-order chi connectivity index (χ1) is 12.1. The Balaban J connectivity index is 1.70. The van der Waals surface area contributed by atoms with Gasteiger partial charge in [0.25, 0.3) is 5.91 Å². The number of hydrogen-bond donors (Lipinski definition) is 2. The van der Waals surface area contributed by atoms with Crippen molar-refractivity contribution < 1.29 is 19.1 Å². The summed E-state index contributed by atoms with van der Waals surface area (Å²) in [6.45, 7) is 3.56. The number of nitrogens with one attached hydrogen (secondary N) is 2. The molecule has 134 valence electrons. The van der Waals surface area contributed by atoms with Crippen molar-refractivity contribution in [1.29, 1.82) is 0 Å². The normalized spacial score (nSPS) is 21.3. The Morgan fingerprint density at radius 1 is 1.28 bits per heavy atom. The summed E-state index contributed by atoms with van der Waals surface area (Å²) in [5.41, 5.74) is 0.869. The van der Waals surface area contributed by atoms with Crippen LogP contribution in [-0.2, 0) is 14.3 Å². The van der Waals surface area contributed by atoms with Crippen molar-refractivity contribution in [3.8, 4) is 0 Å². The van der Waals surface area contributed by atoms with Gasteiger partial charge in [-0.25, -0.2) is 0 Å². The Morgan fingerprint density at radius 2 is 2.00 bits per heavy atom. The Labute approximate surface area is 146 Å². The lowest BCUT2D eigenvalue weighted by Gasteiger charge is -2.25. The van der Waals surface area contributed by atoms with Crippen molar-refractivity contribution in [2.24, 2.45) is 5.92 Å². The molecular weight excluding hydrogens is 322 g/mol. The van der Waals surface area contributed by atoms with Crippen LogP contribution in [0, 0.1) is 5.92 Å². The van der Waals surface area contributed by atoms with Gasteiger partial charge in [0.05, 0.1) is 11.3 Å². The van der Waals surface area contributed by atoms with Gasteiger partial charge >= 0.3 is 0 Å². The number of hydrogen-bond acceptors (Lipinski definition) is 4. The minimum Gasteiger partial charge on any atom is -0.381 e. The third-order valence-electron chi connectivity index (χ3n) is 4.65. The van der Waals surface area contributed by atoms with Crippen LogP contribution in [0.25, 0.3) is 0 Å². The van der Waals surface area contributed by atoms with Gasteiger partial charge in [-0.1, -0.05) is 12.1 Å². The molecule has 1 aromatic rings. The Morgan fingerprint density at radius 3 is 2.76 bits per heavy atom. The van der Waals surface area contributed by atoms with Crippen LogP contribution >= 0.6 is 0 Å². The number of benzene rings is 1. The van der Waals surface area contributed by atoms with Crippen LogP contribution in [0.2, 0.25) is 0 Å². The summed E-state index contributed by atoms with van der Waals surface area (Å²) in [6.07, 6.45) is 1.86. The van der Waals surface area contributed by atoms with Gasteiger partial charge in [-0.2, -0.15) is 0 Å². The number of para-hydroxylation sites is 1. The molecule has 3 amide bonds. The van der Waals surface area contributed by atoms with Gasteiger partial charge < -0.3 is 20.3 Å². The molecule has 1 saturated heterocycles. The summed E-state index contributed by atoms with van der Waals surface area (Å²) >= 11 is 0. The number of carbonyl (C=O) groups is 3. The van der Waals surface area contributed by atoms with Crippen molar-refractivity contribution in [1.82, 2.24) is 10.6 Å². The van der Waals surface area contributed by atoms with E-state index in [0.29, 0.717) is 23.7 Å². The van der Waals surface area contributed by atoms with Crippen LogP contribution in [0.5, 0.6) is 0 Å². The standard InChI is InChI=1S/C18H23N3O4/c1-12-18(24)21(15-5-3-2-4-14(15)17(23)20-12)11-16(22)19-10-13-6-8-25-9-7-13/h2-5,12-13H,6-11H2,1H3,(H,19,22)(H,20,23). The molecule has 0 radical (unpaired) electrons. The van der Waals surface area contributed by atoms with E-state index >= 15 is 0 Å². The lowest BCUT2D eigenvalue weighted by molar-refractivity contribution is -0.124. The van der Waals surface area contributed by atoms with Gasteiger partial charge in [-0.05, 0) is 37.8 Å². The Hall–Kier alpha value is -2.41. The average molecular weight is 345 g/mol. The zero-order chi connectivity index (χ0) is 17.8. The number of amides is 3.